The van der Waals surface area contributed by atoms with Crippen LogP contribution >= 0.6 is 0 Å². The average Bonchev–Trinajstić information content (AvgIpc) is 2.78. The van der Waals surface area contributed by atoms with E-state index < -0.39 is 28.8 Å². The van der Waals surface area contributed by atoms with Gasteiger partial charge in [-0.25, -0.2) is 13.2 Å². The van der Waals surface area contributed by atoms with Gasteiger partial charge in [-0.1, -0.05) is 0 Å². The summed E-state index contributed by atoms with van der Waals surface area (Å²) in [6, 6.07) is 3.19. The summed E-state index contributed by atoms with van der Waals surface area (Å²) in [7, 11) is 0. The molecule has 0 saturated heterocycles. The number of hydrogen-bond donors (Lipinski definition) is 0. The Morgan fingerprint density at radius 2 is 1.88 bits per heavy atom. The van der Waals surface area contributed by atoms with Crippen LogP contribution in [0.2, 0.25) is 0 Å². The molecule has 17 heavy (non-hydrogen) atoms. The molecule has 0 atom stereocenters. The third-order valence-corrected chi connectivity index (χ3v) is 2.28. The van der Waals surface area contributed by atoms with Crippen LogP contribution < -0.4 is 0 Å². The Bertz CT molecular complexity index is 547. The molecule has 2 nitrogen and oxygen atoms in total. The fourth-order valence-electron chi connectivity index (χ4n) is 1.42. The second-order valence-electron chi connectivity index (χ2n) is 3.45. The number of benzene rings is 1. The molecule has 0 N–H and O–H groups in total. The molecule has 1 aromatic carbocycles. The van der Waals surface area contributed by atoms with Gasteiger partial charge in [0.2, 0.25) is 0 Å². The second-order valence-corrected chi connectivity index (χ2v) is 3.45. The van der Waals surface area contributed by atoms with Crippen molar-refractivity contribution in [3.63, 3.8) is 0 Å². The van der Waals surface area contributed by atoms with Crippen molar-refractivity contribution in [3.8, 4) is 0 Å². The van der Waals surface area contributed by atoms with Crippen molar-refractivity contribution in [2.75, 3.05) is 0 Å². The van der Waals surface area contributed by atoms with Gasteiger partial charge in [-0.05, 0) is 23.8 Å². The molecule has 0 radical (unpaired) electrons. The number of halogens is 3. The smallest absolute Gasteiger partial charge is 0.195 e. The summed E-state index contributed by atoms with van der Waals surface area (Å²) in [6.07, 6.45) is 2.57. The Morgan fingerprint density at radius 1 is 1.12 bits per heavy atom. The van der Waals surface area contributed by atoms with E-state index in [4.69, 9.17) is 4.42 Å². The molecule has 0 saturated carbocycles. The Hall–Kier alpha value is -2.04. The Balaban J connectivity index is 2.29. The van der Waals surface area contributed by atoms with Crippen LogP contribution in [0.4, 0.5) is 13.2 Å². The molecule has 5 heteroatoms. The van der Waals surface area contributed by atoms with Crippen molar-refractivity contribution < 1.29 is 22.4 Å². The molecule has 1 heterocycles. The van der Waals surface area contributed by atoms with Crippen LogP contribution in [-0.2, 0) is 6.42 Å². The lowest BCUT2D eigenvalue weighted by molar-refractivity contribution is 0.0987. The highest BCUT2D eigenvalue weighted by Crippen LogP contribution is 2.17. The molecule has 2 aromatic rings. The first-order valence-electron chi connectivity index (χ1n) is 4.77. The van der Waals surface area contributed by atoms with Gasteiger partial charge in [-0.3, -0.25) is 4.79 Å². The number of ketones is 1. The van der Waals surface area contributed by atoms with Crippen LogP contribution in [0, 0.1) is 17.5 Å². The highest BCUT2D eigenvalue weighted by atomic mass is 19.2. The molecule has 88 valence electrons. The molecular formula is C12H7F3O2. The zero-order valence-electron chi connectivity index (χ0n) is 8.54. The molecule has 0 aliphatic heterocycles. The minimum atomic E-state index is -1.64. The third kappa shape index (κ3) is 2.22. The summed E-state index contributed by atoms with van der Waals surface area (Å²) in [6.45, 7) is 0. The Kier molecular flexibility index (Phi) is 2.99. The van der Waals surface area contributed by atoms with Crippen molar-refractivity contribution in [3.05, 3.63) is 59.3 Å². The van der Waals surface area contributed by atoms with Crippen LogP contribution in [0.3, 0.4) is 0 Å². The van der Waals surface area contributed by atoms with Crippen molar-refractivity contribution in [1.29, 1.82) is 0 Å². The van der Waals surface area contributed by atoms with E-state index in [1.807, 2.05) is 0 Å². The summed E-state index contributed by atoms with van der Waals surface area (Å²) in [5.74, 6) is -5.05. The standard InChI is InChI=1S/C12H7F3O2/c13-9-2-1-8(11(14)12(9)15)10(16)5-7-3-4-17-6-7/h1-4,6H,5H2. The number of rotatable bonds is 3. The van der Waals surface area contributed by atoms with Crippen molar-refractivity contribution in [2.24, 2.45) is 0 Å². The van der Waals surface area contributed by atoms with Crippen LogP contribution in [0.25, 0.3) is 0 Å². The van der Waals surface area contributed by atoms with Crippen LogP contribution in [0.1, 0.15) is 15.9 Å². The SMILES string of the molecule is O=C(Cc1ccoc1)c1ccc(F)c(F)c1F. The predicted molar refractivity (Wildman–Crippen MR) is 53.1 cm³/mol. The Labute approximate surface area is 94.7 Å². The average molecular weight is 240 g/mol. The molecule has 0 spiro atoms. The molecular weight excluding hydrogens is 233 g/mol. The van der Waals surface area contributed by atoms with Crippen molar-refractivity contribution in [1.82, 2.24) is 0 Å². The highest BCUT2D eigenvalue weighted by molar-refractivity contribution is 5.97. The summed E-state index contributed by atoms with van der Waals surface area (Å²) in [4.78, 5) is 11.6. The molecule has 0 aliphatic carbocycles. The summed E-state index contributed by atoms with van der Waals surface area (Å²) >= 11 is 0. The minimum absolute atomic E-state index is 0.126. The van der Waals surface area contributed by atoms with E-state index in [1.54, 1.807) is 0 Å². The van der Waals surface area contributed by atoms with Gasteiger partial charge < -0.3 is 4.42 Å². The fourth-order valence-corrected chi connectivity index (χ4v) is 1.42. The van der Waals surface area contributed by atoms with Crippen LogP contribution in [-0.4, -0.2) is 5.78 Å². The van der Waals surface area contributed by atoms with E-state index in [9.17, 15) is 18.0 Å². The zero-order valence-corrected chi connectivity index (χ0v) is 8.54. The van der Waals surface area contributed by atoms with Crippen LogP contribution in [0.15, 0.2) is 35.1 Å². The van der Waals surface area contributed by atoms with Gasteiger partial charge in [-0.2, -0.15) is 0 Å². The maximum Gasteiger partial charge on any atom is 0.195 e. The molecule has 2 rings (SSSR count). The summed E-state index contributed by atoms with van der Waals surface area (Å²) < 4.78 is 43.6. The van der Waals surface area contributed by atoms with Gasteiger partial charge >= 0.3 is 0 Å². The van der Waals surface area contributed by atoms with E-state index in [0.717, 1.165) is 12.1 Å². The number of carbonyl (C=O) groups excluding carboxylic acids is 1. The fraction of sp³-hybridized carbons (Fsp3) is 0.0833. The Morgan fingerprint density at radius 3 is 2.53 bits per heavy atom. The predicted octanol–water partition coefficient (Wildman–Crippen LogP) is 3.12. The third-order valence-electron chi connectivity index (χ3n) is 2.28. The second kappa shape index (κ2) is 4.45. The van der Waals surface area contributed by atoms with Crippen molar-refractivity contribution in [2.45, 2.75) is 6.42 Å². The minimum Gasteiger partial charge on any atom is -0.472 e. The van der Waals surface area contributed by atoms with E-state index in [-0.39, 0.29) is 6.42 Å². The first-order valence-corrected chi connectivity index (χ1v) is 4.77. The molecule has 0 fully saturated rings. The van der Waals surface area contributed by atoms with Crippen molar-refractivity contribution >= 4 is 5.78 Å². The van der Waals surface area contributed by atoms with Crippen LogP contribution in [0.5, 0.6) is 0 Å². The zero-order chi connectivity index (χ0) is 12.4. The highest BCUT2D eigenvalue weighted by Gasteiger charge is 2.18. The normalized spacial score (nSPS) is 10.5. The van der Waals surface area contributed by atoms with E-state index >= 15 is 0 Å². The number of carbonyl (C=O) groups is 1. The van der Waals surface area contributed by atoms with Gasteiger partial charge in [0.25, 0.3) is 0 Å². The first kappa shape index (κ1) is 11.4. The van der Waals surface area contributed by atoms with E-state index in [1.165, 1.54) is 18.6 Å². The van der Waals surface area contributed by atoms with Gasteiger partial charge in [0.1, 0.15) is 0 Å². The van der Waals surface area contributed by atoms with Gasteiger partial charge in [-0.15, -0.1) is 0 Å². The molecule has 0 amide bonds. The quantitative estimate of drug-likeness (QED) is 0.609. The summed E-state index contributed by atoms with van der Waals surface area (Å²) in [5, 5.41) is 0. The van der Waals surface area contributed by atoms with Gasteiger partial charge in [0.15, 0.2) is 23.2 Å². The number of furan rings is 1. The number of hydrogen-bond acceptors (Lipinski definition) is 2. The maximum atomic E-state index is 13.3. The van der Waals surface area contributed by atoms with Gasteiger partial charge in [0, 0.05) is 6.42 Å². The monoisotopic (exact) mass is 240 g/mol. The molecule has 0 bridgehead atoms. The molecule has 1 aromatic heterocycles. The lowest BCUT2D eigenvalue weighted by Crippen LogP contribution is -2.08. The maximum absolute atomic E-state index is 13.3. The lowest BCUT2D eigenvalue weighted by atomic mass is 10.0. The lowest BCUT2D eigenvalue weighted by Gasteiger charge is -2.02. The number of Topliss-reactive ketones (excluding diaryl/α,β-unsaturated/α-hetero) is 1. The first-order chi connectivity index (χ1) is 8.09. The molecule has 0 unspecified atom stereocenters. The van der Waals surface area contributed by atoms with E-state index in [0.29, 0.717) is 5.56 Å². The topological polar surface area (TPSA) is 30.2 Å². The van der Waals surface area contributed by atoms with E-state index in [2.05, 4.69) is 0 Å². The largest absolute Gasteiger partial charge is 0.472 e. The molecule has 0 aliphatic rings. The summed E-state index contributed by atoms with van der Waals surface area (Å²) in [5.41, 5.74) is 0.0734. The van der Waals surface area contributed by atoms with Gasteiger partial charge in [0.05, 0.1) is 18.1 Å².